The van der Waals surface area contributed by atoms with Gasteiger partial charge in [-0.25, -0.2) is 4.39 Å². The third-order valence-electron chi connectivity index (χ3n) is 6.31. The first-order valence-corrected chi connectivity index (χ1v) is 10.6. The highest BCUT2D eigenvalue weighted by molar-refractivity contribution is 5.97. The lowest BCUT2D eigenvalue weighted by Gasteiger charge is -2.47. The summed E-state index contributed by atoms with van der Waals surface area (Å²) in [5.41, 5.74) is 1.29. The monoisotopic (exact) mass is 426 g/mol. The van der Waals surface area contributed by atoms with Crippen molar-refractivity contribution in [1.29, 1.82) is 0 Å². The van der Waals surface area contributed by atoms with Crippen LogP contribution >= 0.6 is 0 Å². The second kappa shape index (κ2) is 8.96. The van der Waals surface area contributed by atoms with Crippen molar-refractivity contribution in [1.82, 2.24) is 9.80 Å². The van der Waals surface area contributed by atoms with E-state index in [-0.39, 0.29) is 29.6 Å². The summed E-state index contributed by atoms with van der Waals surface area (Å²) >= 11 is 0. The van der Waals surface area contributed by atoms with Crippen LogP contribution < -0.4 is 9.47 Å². The minimum atomic E-state index is -0.299. The van der Waals surface area contributed by atoms with E-state index in [1.807, 2.05) is 15.9 Å². The average molecular weight is 426 g/mol. The van der Waals surface area contributed by atoms with Crippen LogP contribution in [0.15, 0.2) is 42.5 Å². The zero-order valence-electron chi connectivity index (χ0n) is 17.8. The third-order valence-corrected chi connectivity index (χ3v) is 6.31. The number of fused-ring (bicyclic) bond motifs is 1. The van der Waals surface area contributed by atoms with Crippen molar-refractivity contribution in [2.45, 2.75) is 31.8 Å². The molecule has 2 aliphatic rings. The number of ether oxygens (including phenoxy) is 2. The van der Waals surface area contributed by atoms with Gasteiger partial charge < -0.3 is 19.3 Å². The second-order valence-corrected chi connectivity index (χ2v) is 8.12. The van der Waals surface area contributed by atoms with Crippen LogP contribution in [0.1, 0.15) is 35.2 Å². The Morgan fingerprint density at radius 2 is 1.97 bits per heavy atom. The molecule has 2 aliphatic heterocycles. The Morgan fingerprint density at radius 3 is 2.71 bits per heavy atom. The van der Waals surface area contributed by atoms with Gasteiger partial charge in [0.05, 0.1) is 19.8 Å². The Hall–Kier alpha value is -3.09. The lowest BCUT2D eigenvalue weighted by Crippen LogP contribution is -2.56. The molecule has 0 N–H and O–H groups in total. The average Bonchev–Trinajstić information content (AvgIpc) is 2.79. The molecular weight excluding hydrogens is 399 g/mol. The molecule has 2 aromatic carbocycles. The Labute approximate surface area is 181 Å². The fraction of sp³-hybridized carbons (Fsp3) is 0.417. The van der Waals surface area contributed by atoms with E-state index in [4.69, 9.17) is 9.47 Å². The topological polar surface area (TPSA) is 59.1 Å². The van der Waals surface area contributed by atoms with Crippen molar-refractivity contribution in [2.24, 2.45) is 5.92 Å². The molecule has 6 nitrogen and oxygen atoms in total. The zero-order valence-corrected chi connectivity index (χ0v) is 17.8. The Kier molecular flexibility index (Phi) is 6.11. The van der Waals surface area contributed by atoms with Gasteiger partial charge in [-0.2, -0.15) is 0 Å². The maximum absolute atomic E-state index is 13.6. The highest BCUT2D eigenvalue weighted by Gasteiger charge is 2.40. The molecule has 0 unspecified atom stereocenters. The summed E-state index contributed by atoms with van der Waals surface area (Å²) in [4.78, 5) is 29.6. The van der Waals surface area contributed by atoms with Crippen LogP contribution in [0.2, 0.25) is 0 Å². The number of likely N-dealkylation sites (tertiary alicyclic amines) is 2. The van der Waals surface area contributed by atoms with E-state index in [0.29, 0.717) is 49.5 Å². The first-order valence-electron chi connectivity index (χ1n) is 10.6. The van der Waals surface area contributed by atoms with Gasteiger partial charge in [-0.1, -0.05) is 12.1 Å². The van der Waals surface area contributed by atoms with Gasteiger partial charge in [-0.05, 0) is 48.6 Å². The minimum Gasteiger partial charge on any atom is -0.497 e. The van der Waals surface area contributed by atoms with E-state index in [9.17, 15) is 14.0 Å². The highest BCUT2D eigenvalue weighted by Crippen LogP contribution is 2.34. The van der Waals surface area contributed by atoms with Crippen LogP contribution in [0.3, 0.4) is 0 Å². The van der Waals surface area contributed by atoms with Gasteiger partial charge in [0.25, 0.3) is 5.91 Å². The fourth-order valence-corrected chi connectivity index (χ4v) is 4.72. The minimum absolute atomic E-state index is 0.0614. The number of nitrogens with zero attached hydrogens (tertiary/aromatic N) is 2. The maximum atomic E-state index is 13.6. The molecule has 2 saturated heterocycles. The highest BCUT2D eigenvalue weighted by atomic mass is 19.1. The molecule has 0 radical (unpaired) electrons. The van der Waals surface area contributed by atoms with Crippen LogP contribution in [0.4, 0.5) is 4.39 Å². The molecule has 7 heteroatoms. The molecule has 164 valence electrons. The van der Waals surface area contributed by atoms with Gasteiger partial charge in [-0.3, -0.25) is 9.59 Å². The zero-order chi connectivity index (χ0) is 22.0. The van der Waals surface area contributed by atoms with Gasteiger partial charge in [0, 0.05) is 38.2 Å². The standard InChI is InChI=1S/C24H27FN2O4/c1-30-19-7-8-20(22(13-19)31-2)24(29)26-11-10-21-17(15-26)6-9-23(28)27(21)14-16-4-3-5-18(25)12-16/h3-5,7-8,12-13,17,21H,6,9-11,14-15H2,1-2H3/t17-,21+/m1/s1. The molecule has 2 atom stereocenters. The summed E-state index contributed by atoms with van der Waals surface area (Å²) in [6.45, 7) is 1.55. The van der Waals surface area contributed by atoms with E-state index < -0.39 is 0 Å². The number of hydrogen-bond acceptors (Lipinski definition) is 4. The Bertz CT molecular complexity index is 980. The molecule has 0 spiro atoms. The number of benzene rings is 2. The second-order valence-electron chi connectivity index (χ2n) is 8.12. The van der Waals surface area contributed by atoms with Crippen molar-refractivity contribution in [3.05, 3.63) is 59.4 Å². The molecule has 0 saturated carbocycles. The first-order chi connectivity index (χ1) is 15.0. The number of methoxy groups -OCH3 is 2. The quantitative estimate of drug-likeness (QED) is 0.734. The van der Waals surface area contributed by atoms with Crippen molar-refractivity contribution in [3.8, 4) is 11.5 Å². The molecule has 2 aromatic rings. The number of carbonyl (C=O) groups is 2. The molecule has 2 heterocycles. The smallest absolute Gasteiger partial charge is 0.257 e. The van der Waals surface area contributed by atoms with Crippen molar-refractivity contribution >= 4 is 11.8 Å². The van der Waals surface area contributed by atoms with E-state index >= 15 is 0 Å². The normalized spacial score (nSPS) is 20.9. The van der Waals surface area contributed by atoms with Gasteiger partial charge in [0.2, 0.25) is 5.91 Å². The van der Waals surface area contributed by atoms with Crippen molar-refractivity contribution in [2.75, 3.05) is 27.3 Å². The largest absolute Gasteiger partial charge is 0.497 e. The van der Waals surface area contributed by atoms with E-state index in [1.54, 1.807) is 31.4 Å². The SMILES string of the molecule is COc1ccc(C(=O)N2CC[C@H]3[C@H](CCC(=O)N3Cc3cccc(F)c3)C2)c(OC)c1. The molecule has 0 aromatic heterocycles. The molecule has 4 rings (SSSR count). The molecule has 2 fully saturated rings. The van der Waals surface area contributed by atoms with Crippen LogP contribution in [-0.2, 0) is 11.3 Å². The number of carbonyl (C=O) groups excluding carboxylic acids is 2. The Balaban J connectivity index is 1.49. The maximum Gasteiger partial charge on any atom is 0.257 e. The van der Waals surface area contributed by atoms with Gasteiger partial charge in [0.15, 0.2) is 0 Å². The van der Waals surface area contributed by atoms with Crippen LogP contribution in [0.25, 0.3) is 0 Å². The van der Waals surface area contributed by atoms with E-state index in [1.165, 1.54) is 19.2 Å². The van der Waals surface area contributed by atoms with E-state index in [2.05, 4.69) is 0 Å². The fourth-order valence-electron chi connectivity index (χ4n) is 4.72. The van der Waals surface area contributed by atoms with Crippen molar-refractivity contribution < 1.29 is 23.5 Å². The molecule has 0 bridgehead atoms. The summed E-state index contributed by atoms with van der Waals surface area (Å²) in [5, 5.41) is 0. The van der Waals surface area contributed by atoms with Crippen LogP contribution in [0.5, 0.6) is 11.5 Å². The lowest BCUT2D eigenvalue weighted by molar-refractivity contribution is -0.141. The number of rotatable bonds is 5. The van der Waals surface area contributed by atoms with Gasteiger partial charge in [-0.15, -0.1) is 0 Å². The predicted octanol–water partition coefficient (Wildman–Crippen LogP) is 3.50. The summed E-state index contributed by atoms with van der Waals surface area (Å²) in [6, 6.07) is 11.6. The number of piperidine rings is 2. The molecular formula is C24H27FN2O4. The third kappa shape index (κ3) is 4.36. The van der Waals surface area contributed by atoms with Gasteiger partial charge in [0.1, 0.15) is 17.3 Å². The molecule has 0 aliphatic carbocycles. The summed E-state index contributed by atoms with van der Waals surface area (Å²) in [5.74, 6) is 1.04. The molecule has 2 amide bonds. The number of amides is 2. The van der Waals surface area contributed by atoms with Crippen molar-refractivity contribution in [3.63, 3.8) is 0 Å². The summed E-state index contributed by atoms with van der Waals surface area (Å²) < 4.78 is 24.2. The number of hydrogen-bond donors (Lipinski definition) is 0. The van der Waals surface area contributed by atoms with Crippen LogP contribution in [0, 0.1) is 11.7 Å². The predicted molar refractivity (Wildman–Crippen MR) is 114 cm³/mol. The summed E-state index contributed by atoms with van der Waals surface area (Å²) in [6.07, 6.45) is 1.91. The summed E-state index contributed by atoms with van der Waals surface area (Å²) in [7, 11) is 3.11. The first kappa shape index (κ1) is 21.2. The van der Waals surface area contributed by atoms with E-state index in [0.717, 1.165) is 12.0 Å². The number of halogens is 1. The lowest BCUT2D eigenvalue weighted by atomic mass is 9.83. The molecule has 31 heavy (non-hydrogen) atoms. The Morgan fingerprint density at radius 1 is 1.13 bits per heavy atom. The van der Waals surface area contributed by atoms with Crippen LogP contribution in [-0.4, -0.2) is 55.0 Å². The van der Waals surface area contributed by atoms with Gasteiger partial charge >= 0.3 is 0 Å².